The molecule has 1 aliphatic carbocycles. The molecule has 2 fully saturated rings. The molecule has 1 aliphatic heterocycles. The summed E-state index contributed by atoms with van der Waals surface area (Å²) in [7, 11) is 0. The highest BCUT2D eigenvalue weighted by Crippen LogP contribution is 2.26. The Kier molecular flexibility index (Phi) is 8.32. The van der Waals surface area contributed by atoms with Gasteiger partial charge in [-0.25, -0.2) is 4.99 Å². The van der Waals surface area contributed by atoms with E-state index in [1.165, 1.54) is 50.8 Å². The molecule has 0 radical (unpaired) electrons. The van der Waals surface area contributed by atoms with E-state index in [0.717, 1.165) is 25.1 Å². The Labute approximate surface area is 163 Å². The summed E-state index contributed by atoms with van der Waals surface area (Å²) in [6.45, 7) is 6.16. The molecule has 5 heteroatoms. The van der Waals surface area contributed by atoms with Gasteiger partial charge in [0.1, 0.15) is 0 Å². The zero-order valence-corrected chi connectivity index (χ0v) is 17.0. The fraction of sp³-hybridized carbons (Fsp3) is 0.632. The van der Waals surface area contributed by atoms with E-state index in [1.807, 2.05) is 6.07 Å². The lowest BCUT2D eigenvalue weighted by Gasteiger charge is -2.24. The zero-order valence-electron chi connectivity index (χ0n) is 14.7. The van der Waals surface area contributed by atoms with Crippen molar-refractivity contribution in [1.29, 1.82) is 0 Å². The third kappa shape index (κ3) is 5.62. The second-order valence-corrected chi connectivity index (χ2v) is 6.74. The van der Waals surface area contributed by atoms with Crippen LogP contribution in [0.3, 0.4) is 0 Å². The van der Waals surface area contributed by atoms with Gasteiger partial charge in [0.05, 0.1) is 6.54 Å². The van der Waals surface area contributed by atoms with Crippen molar-refractivity contribution in [2.45, 2.75) is 57.7 Å². The minimum atomic E-state index is 0. The molecule has 1 atom stereocenters. The van der Waals surface area contributed by atoms with Crippen LogP contribution in [0, 0.1) is 0 Å². The van der Waals surface area contributed by atoms with Crippen molar-refractivity contribution in [2.75, 3.05) is 19.6 Å². The normalized spacial score (nSPS) is 22.4. The monoisotopic (exact) mass is 442 g/mol. The molecule has 0 aromatic heterocycles. The van der Waals surface area contributed by atoms with Crippen LogP contribution in [0.4, 0.5) is 0 Å². The fourth-order valence-corrected chi connectivity index (χ4v) is 3.77. The standard InChI is InChI=1S/C19H30N4.HI/c1-2-20-19(21-14-16-8-4-3-5-9-16)22-17-12-13-23(15-17)18-10-6-7-11-18;/h3-5,8-9,17-18H,2,6-7,10-15H2,1H3,(H2,20,21,22);1H. The molecule has 3 rings (SSSR count). The number of nitrogens with zero attached hydrogens (tertiary/aromatic N) is 2. The van der Waals surface area contributed by atoms with Gasteiger partial charge in [-0.15, -0.1) is 24.0 Å². The fourth-order valence-electron chi connectivity index (χ4n) is 3.77. The van der Waals surface area contributed by atoms with Crippen molar-refractivity contribution in [3.8, 4) is 0 Å². The molecule has 1 saturated heterocycles. The van der Waals surface area contributed by atoms with E-state index in [-0.39, 0.29) is 24.0 Å². The molecular weight excluding hydrogens is 411 g/mol. The number of hydrogen-bond acceptors (Lipinski definition) is 2. The first-order valence-electron chi connectivity index (χ1n) is 9.18. The van der Waals surface area contributed by atoms with Gasteiger partial charge in [-0.3, -0.25) is 4.90 Å². The molecule has 1 aromatic rings. The zero-order chi connectivity index (χ0) is 15.9. The summed E-state index contributed by atoms with van der Waals surface area (Å²) in [6.07, 6.45) is 6.86. The minimum absolute atomic E-state index is 0. The van der Waals surface area contributed by atoms with Gasteiger partial charge in [0.2, 0.25) is 0 Å². The Morgan fingerprint density at radius 1 is 1.17 bits per heavy atom. The van der Waals surface area contributed by atoms with Crippen LogP contribution in [-0.2, 0) is 6.54 Å². The van der Waals surface area contributed by atoms with Gasteiger partial charge in [-0.2, -0.15) is 0 Å². The third-order valence-corrected chi connectivity index (χ3v) is 5.01. The molecular formula is C19H31IN4. The van der Waals surface area contributed by atoms with Gasteiger partial charge in [0.25, 0.3) is 0 Å². The third-order valence-electron chi connectivity index (χ3n) is 5.01. The molecule has 1 aromatic carbocycles. The average Bonchev–Trinajstić information content (AvgIpc) is 3.25. The van der Waals surface area contributed by atoms with Gasteiger partial charge >= 0.3 is 0 Å². The SMILES string of the molecule is CCNC(=NCc1ccccc1)NC1CCN(C2CCCC2)C1.I. The molecule has 24 heavy (non-hydrogen) atoms. The minimum Gasteiger partial charge on any atom is -0.357 e. The summed E-state index contributed by atoms with van der Waals surface area (Å²) < 4.78 is 0. The number of aliphatic imine (C=N–C) groups is 1. The van der Waals surface area contributed by atoms with Crippen LogP contribution in [0.25, 0.3) is 0 Å². The predicted octanol–water partition coefficient (Wildman–Crippen LogP) is 3.38. The predicted molar refractivity (Wildman–Crippen MR) is 112 cm³/mol. The van der Waals surface area contributed by atoms with Crippen molar-refractivity contribution >= 4 is 29.9 Å². The second kappa shape index (κ2) is 10.2. The molecule has 1 saturated carbocycles. The molecule has 134 valence electrons. The maximum Gasteiger partial charge on any atom is 0.191 e. The maximum atomic E-state index is 4.75. The van der Waals surface area contributed by atoms with Gasteiger partial charge in [-0.1, -0.05) is 43.2 Å². The summed E-state index contributed by atoms with van der Waals surface area (Å²) in [4.78, 5) is 7.43. The summed E-state index contributed by atoms with van der Waals surface area (Å²) in [5, 5.41) is 7.02. The Balaban J connectivity index is 0.00000208. The van der Waals surface area contributed by atoms with Crippen molar-refractivity contribution in [3.63, 3.8) is 0 Å². The summed E-state index contributed by atoms with van der Waals surface area (Å²) in [5.41, 5.74) is 1.25. The first-order valence-corrected chi connectivity index (χ1v) is 9.18. The van der Waals surface area contributed by atoms with Crippen LogP contribution in [0.1, 0.15) is 44.6 Å². The number of halogens is 1. The van der Waals surface area contributed by atoms with E-state index in [4.69, 9.17) is 4.99 Å². The number of rotatable bonds is 5. The van der Waals surface area contributed by atoms with Crippen molar-refractivity contribution < 1.29 is 0 Å². The molecule has 0 bridgehead atoms. The number of hydrogen-bond donors (Lipinski definition) is 2. The highest BCUT2D eigenvalue weighted by atomic mass is 127. The summed E-state index contributed by atoms with van der Waals surface area (Å²) >= 11 is 0. The lowest BCUT2D eigenvalue weighted by Crippen LogP contribution is -2.45. The molecule has 1 unspecified atom stereocenters. The van der Waals surface area contributed by atoms with Crippen LogP contribution in [0.5, 0.6) is 0 Å². The van der Waals surface area contributed by atoms with E-state index in [1.54, 1.807) is 0 Å². The molecule has 0 amide bonds. The van der Waals surface area contributed by atoms with E-state index in [9.17, 15) is 0 Å². The molecule has 2 N–H and O–H groups in total. The molecule has 0 spiro atoms. The maximum absolute atomic E-state index is 4.75. The number of nitrogens with one attached hydrogen (secondary N) is 2. The Hall–Kier alpha value is -0.820. The van der Waals surface area contributed by atoms with Gasteiger partial charge in [0, 0.05) is 31.7 Å². The highest BCUT2D eigenvalue weighted by molar-refractivity contribution is 14.0. The van der Waals surface area contributed by atoms with Crippen molar-refractivity contribution in [2.24, 2.45) is 4.99 Å². The highest BCUT2D eigenvalue weighted by Gasteiger charge is 2.30. The molecule has 4 nitrogen and oxygen atoms in total. The number of guanidine groups is 1. The lowest BCUT2D eigenvalue weighted by atomic mass is 10.2. The Morgan fingerprint density at radius 3 is 2.62 bits per heavy atom. The average molecular weight is 442 g/mol. The van der Waals surface area contributed by atoms with Crippen LogP contribution < -0.4 is 10.6 Å². The van der Waals surface area contributed by atoms with Crippen molar-refractivity contribution in [1.82, 2.24) is 15.5 Å². The van der Waals surface area contributed by atoms with Gasteiger partial charge in [-0.05, 0) is 31.7 Å². The second-order valence-electron chi connectivity index (χ2n) is 6.74. The first-order chi connectivity index (χ1) is 11.3. The van der Waals surface area contributed by atoms with Crippen LogP contribution in [0.2, 0.25) is 0 Å². The molecule has 1 heterocycles. The largest absolute Gasteiger partial charge is 0.357 e. The summed E-state index contributed by atoms with van der Waals surface area (Å²) in [6, 6.07) is 11.8. The Bertz CT molecular complexity index is 499. The van der Waals surface area contributed by atoms with Crippen LogP contribution in [-0.4, -0.2) is 42.6 Å². The number of likely N-dealkylation sites (tertiary alicyclic amines) is 1. The quantitative estimate of drug-likeness (QED) is 0.417. The van der Waals surface area contributed by atoms with Crippen LogP contribution in [0.15, 0.2) is 35.3 Å². The first kappa shape index (κ1) is 19.5. The van der Waals surface area contributed by atoms with E-state index in [0.29, 0.717) is 6.04 Å². The van der Waals surface area contributed by atoms with E-state index >= 15 is 0 Å². The lowest BCUT2D eigenvalue weighted by molar-refractivity contribution is 0.242. The van der Waals surface area contributed by atoms with Gasteiger partial charge in [0.15, 0.2) is 5.96 Å². The van der Waals surface area contributed by atoms with Crippen LogP contribution >= 0.6 is 24.0 Å². The molecule has 2 aliphatic rings. The topological polar surface area (TPSA) is 39.7 Å². The van der Waals surface area contributed by atoms with Gasteiger partial charge < -0.3 is 10.6 Å². The smallest absolute Gasteiger partial charge is 0.191 e. The van der Waals surface area contributed by atoms with Crippen molar-refractivity contribution in [3.05, 3.63) is 35.9 Å². The number of benzene rings is 1. The van der Waals surface area contributed by atoms with E-state index in [2.05, 4.69) is 46.7 Å². The van der Waals surface area contributed by atoms with E-state index < -0.39 is 0 Å². The Morgan fingerprint density at radius 2 is 1.92 bits per heavy atom. The summed E-state index contributed by atoms with van der Waals surface area (Å²) in [5.74, 6) is 0.953.